The van der Waals surface area contributed by atoms with Crippen LogP contribution in [0.5, 0.6) is 0 Å². The number of ether oxygens (including phenoxy) is 1. The molecule has 4 N–H and O–H groups in total. The van der Waals surface area contributed by atoms with Crippen molar-refractivity contribution in [3.05, 3.63) is 30.1 Å². The zero-order valence-electron chi connectivity index (χ0n) is 19.6. The van der Waals surface area contributed by atoms with Crippen molar-refractivity contribution >= 4 is 0 Å². The second-order valence-corrected chi connectivity index (χ2v) is 8.21. The van der Waals surface area contributed by atoms with E-state index in [2.05, 4.69) is 11.1 Å². The molecule has 0 amide bonds. The predicted molar refractivity (Wildman–Crippen MR) is 124 cm³/mol. The predicted octanol–water partition coefficient (Wildman–Crippen LogP) is 2.44. The zero-order chi connectivity index (χ0) is 23.4. The molecule has 0 fully saturated rings. The average molecular weight is 457 g/mol. The molecule has 3 atom stereocenters. The van der Waals surface area contributed by atoms with Crippen molar-refractivity contribution < 1.29 is 30.0 Å². The number of aromatic nitrogens is 1. The summed E-state index contributed by atoms with van der Waals surface area (Å²) in [4.78, 5) is 9.45. The van der Waals surface area contributed by atoms with Gasteiger partial charge in [0, 0.05) is 18.9 Å². The van der Waals surface area contributed by atoms with Gasteiger partial charge in [-0.3, -0.25) is 9.82 Å². The molecule has 1 rings (SSSR count). The maximum absolute atomic E-state index is 9.66. The topological polar surface area (TPSA) is 116 Å². The van der Waals surface area contributed by atoms with Gasteiger partial charge in [0.2, 0.25) is 0 Å². The third-order valence-electron chi connectivity index (χ3n) is 5.66. The summed E-state index contributed by atoms with van der Waals surface area (Å²) in [5.74, 6) is 0. The molecule has 0 spiro atoms. The van der Waals surface area contributed by atoms with Gasteiger partial charge in [0.1, 0.15) is 12.2 Å². The SMILES string of the molecule is CON(CCCCCCCCCCCCc1cccnc1)[C@@H](CO)OC(CO)[C@@H](O)CO. The Labute approximate surface area is 193 Å². The highest BCUT2D eigenvalue weighted by molar-refractivity contribution is 5.08. The van der Waals surface area contributed by atoms with Crippen molar-refractivity contribution in [3.8, 4) is 0 Å². The molecule has 1 heterocycles. The first-order valence-electron chi connectivity index (χ1n) is 12.0. The first-order valence-corrected chi connectivity index (χ1v) is 12.0. The van der Waals surface area contributed by atoms with Gasteiger partial charge in [0.25, 0.3) is 0 Å². The normalized spacial score (nSPS) is 14.6. The standard InChI is InChI=1S/C24H44N2O6/c1-31-26(24(20-29)32-23(19-28)22(30)18-27)16-11-9-7-5-3-2-4-6-8-10-13-21-14-12-15-25-17-21/h12,14-15,17,22-24,27-30H,2-11,13,16,18-20H2,1H3/t22-,23?,24+/m0/s1. The maximum atomic E-state index is 9.66. The number of aliphatic hydroxyl groups excluding tert-OH is 4. The van der Waals surface area contributed by atoms with Gasteiger partial charge >= 0.3 is 0 Å². The van der Waals surface area contributed by atoms with E-state index in [1.807, 2.05) is 18.5 Å². The van der Waals surface area contributed by atoms with E-state index in [0.717, 1.165) is 25.7 Å². The molecule has 0 radical (unpaired) electrons. The van der Waals surface area contributed by atoms with E-state index >= 15 is 0 Å². The molecule has 0 bridgehead atoms. The summed E-state index contributed by atoms with van der Waals surface area (Å²) in [5, 5.41) is 39.1. The summed E-state index contributed by atoms with van der Waals surface area (Å²) in [5.41, 5.74) is 1.33. The molecule has 8 heteroatoms. The Morgan fingerprint density at radius 1 is 0.875 bits per heavy atom. The van der Waals surface area contributed by atoms with Gasteiger partial charge in [-0.05, 0) is 30.9 Å². The minimum absolute atomic E-state index is 0.343. The Kier molecular flexibility index (Phi) is 17.5. The van der Waals surface area contributed by atoms with Crippen molar-refractivity contribution in [3.63, 3.8) is 0 Å². The second-order valence-electron chi connectivity index (χ2n) is 8.21. The van der Waals surface area contributed by atoms with Crippen LogP contribution in [-0.2, 0) is 16.0 Å². The highest BCUT2D eigenvalue weighted by atomic mass is 16.7. The minimum Gasteiger partial charge on any atom is -0.394 e. The maximum Gasteiger partial charge on any atom is 0.156 e. The number of hydrogen-bond donors (Lipinski definition) is 4. The molecule has 32 heavy (non-hydrogen) atoms. The number of pyridine rings is 1. The van der Waals surface area contributed by atoms with E-state index in [-0.39, 0.29) is 6.61 Å². The summed E-state index contributed by atoms with van der Waals surface area (Å²) in [6.07, 6.45) is 13.9. The van der Waals surface area contributed by atoms with E-state index in [1.54, 1.807) is 0 Å². The first-order chi connectivity index (χ1) is 15.7. The Morgan fingerprint density at radius 2 is 1.50 bits per heavy atom. The van der Waals surface area contributed by atoms with Crippen LogP contribution in [0.3, 0.4) is 0 Å². The van der Waals surface area contributed by atoms with E-state index in [1.165, 1.54) is 62.7 Å². The smallest absolute Gasteiger partial charge is 0.156 e. The first kappa shape index (κ1) is 28.9. The van der Waals surface area contributed by atoms with Crippen molar-refractivity contribution in [2.45, 2.75) is 89.1 Å². The number of hydroxylamine groups is 2. The van der Waals surface area contributed by atoms with Crippen LogP contribution >= 0.6 is 0 Å². The van der Waals surface area contributed by atoms with Crippen LogP contribution in [-0.4, -0.2) is 82.4 Å². The van der Waals surface area contributed by atoms with E-state index in [0.29, 0.717) is 6.54 Å². The van der Waals surface area contributed by atoms with Crippen LogP contribution in [0.4, 0.5) is 0 Å². The summed E-state index contributed by atoms with van der Waals surface area (Å²) >= 11 is 0. The van der Waals surface area contributed by atoms with Gasteiger partial charge in [-0.1, -0.05) is 57.4 Å². The van der Waals surface area contributed by atoms with Crippen LogP contribution < -0.4 is 0 Å². The number of rotatable bonds is 21. The quantitative estimate of drug-likeness (QED) is 0.127. The van der Waals surface area contributed by atoms with Gasteiger partial charge in [-0.15, -0.1) is 0 Å². The number of aliphatic hydroxyl groups is 4. The highest BCUT2D eigenvalue weighted by Gasteiger charge is 2.26. The lowest BCUT2D eigenvalue weighted by atomic mass is 10.0. The van der Waals surface area contributed by atoms with Gasteiger partial charge in [0.15, 0.2) is 6.23 Å². The Morgan fingerprint density at radius 3 is 2.00 bits per heavy atom. The zero-order valence-corrected chi connectivity index (χ0v) is 19.6. The Bertz CT molecular complexity index is 536. The minimum atomic E-state index is -1.21. The second kappa shape index (κ2) is 19.3. The fourth-order valence-corrected chi connectivity index (χ4v) is 3.69. The van der Waals surface area contributed by atoms with Gasteiger partial charge in [-0.2, -0.15) is 5.06 Å². The summed E-state index contributed by atoms with van der Waals surface area (Å²) in [6, 6.07) is 4.14. The fourth-order valence-electron chi connectivity index (χ4n) is 3.69. The summed E-state index contributed by atoms with van der Waals surface area (Å²) in [6.45, 7) is -0.751. The number of unbranched alkanes of at least 4 members (excludes halogenated alkanes) is 9. The Hall–Kier alpha value is -1.13. The molecule has 0 aliphatic rings. The molecule has 0 aliphatic heterocycles. The molecule has 0 saturated carbocycles. The molecular weight excluding hydrogens is 412 g/mol. The fraction of sp³-hybridized carbons (Fsp3) is 0.792. The van der Waals surface area contributed by atoms with Crippen LogP contribution in [0.25, 0.3) is 0 Å². The lowest BCUT2D eigenvalue weighted by Gasteiger charge is -2.32. The number of aryl methyl sites for hydroxylation is 1. The third kappa shape index (κ3) is 12.8. The van der Waals surface area contributed by atoms with E-state index in [4.69, 9.17) is 14.7 Å². The van der Waals surface area contributed by atoms with Crippen molar-refractivity contribution in [2.24, 2.45) is 0 Å². The largest absolute Gasteiger partial charge is 0.394 e. The van der Waals surface area contributed by atoms with Crippen LogP contribution in [0, 0.1) is 0 Å². The molecule has 0 aliphatic carbocycles. The highest BCUT2D eigenvalue weighted by Crippen LogP contribution is 2.14. The molecule has 1 unspecified atom stereocenters. The third-order valence-corrected chi connectivity index (χ3v) is 5.66. The van der Waals surface area contributed by atoms with Crippen LogP contribution in [0.2, 0.25) is 0 Å². The number of hydrogen-bond acceptors (Lipinski definition) is 8. The van der Waals surface area contributed by atoms with E-state index in [9.17, 15) is 15.3 Å². The van der Waals surface area contributed by atoms with Crippen molar-refractivity contribution in [1.82, 2.24) is 10.0 Å². The van der Waals surface area contributed by atoms with Gasteiger partial charge in [-0.25, -0.2) is 0 Å². The van der Waals surface area contributed by atoms with Crippen molar-refractivity contribution in [1.29, 1.82) is 0 Å². The molecule has 1 aromatic rings. The number of nitrogens with zero attached hydrogens (tertiary/aromatic N) is 2. The van der Waals surface area contributed by atoms with Crippen LogP contribution in [0.15, 0.2) is 24.5 Å². The lowest BCUT2D eigenvalue weighted by molar-refractivity contribution is -0.271. The summed E-state index contributed by atoms with van der Waals surface area (Å²) in [7, 11) is 1.50. The van der Waals surface area contributed by atoms with Gasteiger partial charge in [0.05, 0.1) is 26.9 Å². The lowest BCUT2D eigenvalue weighted by Crippen LogP contribution is -2.46. The molecule has 1 aromatic heterocycles. The van der Waals surface area contributed by atoms with Crippen molar-refractivity contribution in [2.75, 3.05) is 33.5 Å². The molecule has 0 aromatic carbocycles. The van der Waals surface area contributed by atoms with Gasteiger partial charge < -0.3 is 25.2 Å². The molecule has 8 nitrogen and oxygen atoms in total. The average Bonchev–Trinajstić information content (AvgIpc) is 2.83. The Balaban J connectivity index is 2.04. The molecule has 186 valence electrons. The van der Waals surface area contributed by atoms with Crippen LogP contribution in [0.1, 0.15) is 69.8 Å². The summed E-state index contributed by atoms with van der Waals surface area (Å²) < 4.78 is 5.52. The molecular formula is C24H44N2O6. The monoisotopic (exact) mass is 456 g/mol. The van der Waals surface area contributed by atoms with E-state index < -0.39 is 31.6 Å². The molecule has 0 saturated heterocycles.